The first-order valence-electron chi connectivity index (χ1n) is 4.03. The standard InChI is InChI=1S/C8H19NO3/c1-7(2,3)12-8(4,10)11-6-5-9/h10H,5-6,9H2,1-4H3. The van der Waals surface area contributed by atoms with Gasteiger partial charge in [0.15, 0.2) is 0 Å². The Balaban J connectivity index is 3.86. The summed E-state index contributed by atoms with van der Waals surface area (Å²) in [6.45, 7) is 7.62. The van der Waals surface area contributed by atoms with Crippen LogP contribution >= 0.6 is 0 Å². The summed E-state index contributed by atoms with van der Waals surface area (Å²) in [5.74, 6) is -1.54. The van der Waals surface area contributed by atoms with E-state index < -0.39 is 11.6 Å². The Bertz CT molecular complexity index is 129. The second-order valence-electron chi connectivity index (χ2n) is 3.75. The molecule has 0 saturated carbocycles. The van der Waals surface area contributed by atoms with Gasteiger partial charge in [0, 0.05) is 13.5 Å². The molecule has 4 heteroatoms. The SMILES string of the molecule is CC(C)(C)OC(C)(O)OCCN. The Morgan fingerprint density at radius 1 is 1.25 bits per heavy atom. The number of nitrogens with two attached hydrogens (primary N) is 1. The minimum Gasteiger partial charge on any atom is -0.344 e. The molecular formula is C8H19NO3. The van der Waals surface area contributed by atoms with Crippen LogP contribution in [0.15, 0.2) is 0 Å². The lowest BCUT2D eigenvalue weighted by molar-refractivity contribution is -0.376. The van der Waals surface area contributed by atoms with Crippen LogP contribution in [0.4, 0.5) is 0 Å². The Morgan fingerprint density at radius 2 is 1.75 bits per heavy atom. The maximum Gasteiger partial charge on any atom is 0.277 e. The van der Waals surface area contributed by atoms with Crippen LogP contribution in [0.5, 0.6) is 0 Å². The highest BCUT2D eigenvalue weighted by Crippen LogP contribution is 2.18. The maximum atomic E-state index is 9.48. The van der Waals surface area contributed by atoms with E-state index in [1.165, 1.54) is 6.92 Å². The van der Waals surface area contributed by atoms with Crippen molar-refractivity contribution < 1.29 is 14.6 Å². The molecule has 0 heterocycles. The molecule has 0 saturated heterocycles. The molecule has 0 aliphatic carbocycles. The summed E-state index contributed by atoms with van der Waals surface area (Å²) in [7, 11) is 0. The van der Waals surface area contributed by atoms with Crippen molar-refractivity contribution in [2.75, 3.05) is 13.2 Å². The van der Waals surface area contributed by atoms with Crippen LogP contribution in [0.3, 0.4) is 0 Å². The molecule has 1 unspecified atom stereocenters. The van der Waals surface area contributed by atoms with Crippen molar-refractivity contribution in [3.05, 3.63) is 0 Å². The highest BCUT2D eigenvalue weighted by Gasteiger charge is 2.28. The van der Waals surface area contributed by atoms with Crippen molar-refractivity contribution in [2.24, 2.45) is 5.73 Å². The number of hydrogen-bond donors (Lipinski definition) is 2. The van der Waals surface area contributed by atoms with Gasteiger partial charge in [-0.1, -0.05) is 0 Å². The summed E-state index contributed by atoms with van der Waals surface area (Å²) in [5.41, 5.74) is 4.78. The average molecular weight is 177 g/mol. The first kappa shape index (κ1) is 11.8. The number of rotatable bonds is 4. The molecule has 0 aromatic rings. The van der Waals surface area contributed by atoms with Gasteiger partial charge in [0.1, 0.15) is 0 Å². The molecule has 0 fully saturated rings. The van der Waals surface area contributed by atoms with E-state index in [9.17, 15) is 5.11 Å². The second kappa shape index (κ2) is 4.18. The third kappa shape index (κ3) is 6.54. The Kier molecular flexibility index (Phi) is 4.13. The topological polar surface area (TPSA) is 64.7 Å². The van der Waals surface area contributed by atoms with Gasteiger partial charge in [0.05, 0.1) is 12.2 Å². The summed E-state index contributed by atoms with van der Waals surface area (Å²) in [6, 6.07) is 0. The van der Waals surface area contributed by atoms with Crippen LogP contribution in [0.25, 0.3) is 0 Å². The van der Waals surface area contributed by atoms with Crippen LogP contribution in [-0.4, -0.2) is 29.8 Å². The van der Waals surface area contributed by atoms with Gasteiger partial charge in [-0.2, -0.15) is 0 Å². The van der Waals surface area contributed by atoms with E-state index in [0.717, 1.165) is 0 Å². The molecule has 0 rings (SSSR count). The van der Waals surface area contributed by atoms with E-state index in [4.69, 9.17) is 15.2 Å². The zero-order valence-corrected chi connectivity index (χ0v) is 8.26. The first-order chi connectivity index (χ1) is 5.27. The second-order valence-corrected chi connectivity index (χ2v) is 3.75. The third-order valence-electron chi connectivity index (χ3n) is 0.983. The summed E-state index contributed by atoms with van der Waals surface area (Å²) in [6.07, 6.45) is 0. The van der Waals surface area contributed by atoms with E-state index in [1.807, 2.05) is 20.8 Å². The quantitative estimate of drug-likeness (QED) is 0.612. The average Bonchev–Trinajstić information content (AvgIpc) is 1.78. The number of aliphatic hydroxyl groups is 1. The summed E-state index contributed by atoms with van der Waals surface area (Å²) >= 11 is 0. The van der Waals surface area contributed by atoms with Crippen LogP contribution < -0.4 is 5.73 Å². The molecule has 12 heavy (non-hydrogen) atoms. The van der Waals surface area contributed by atoms with E-state index in [1.54, 1.807) is 0 Å². The molecule has 4 nitrogen and oxygen atoms in total. The molecule has 0 aliphatic heterocycles. The molecule has 3 N–H and O–H groups in total. The number of ether oxygens (including phenoxy) is 2. The monoisotopic (exact) mass is 177 g/mol. The molecular weight excluding hydrogens is 158 g/mol. The summed E-state index contributed by atoms with van der Waals surface area (Å²) in [4.78, 5) is 0. The first-order valence-corrected chi connectivity index (χ1v) is 4.03. The Morgan fingerprint density at radius 3 is 2.08 bits per heavy atom. The normalized spacial score (nSPS) is 17.5. The fraction of sp³-hybridized carbons (Fsp3) is 1.00. The molecule has 0 aromatic heterocycles. The van der Waals surface area contributed by atoms with Crippen LogP contribution in [0, 0.1) is 0 Å². The minimum atomic E-state index is -1.54. The van der Waals surface area contributed by atoms with E-state index in [2.05, 4.69) is 0 Å². The van der Waals surface area contributed by atoms with Gasteiger partial charge in [-0.3, -0.25) is 0 Å². The molecule has 0 radical (unpaired) electrons. The molecule has 0 amide bonds. The lowest BCUT2D eigenvalue weighted by atomic mass is 10.2. The Labute approximate surface area is 73.7 Å². The van der Waals surface area contributed by atoms with Gasteiger partial charge in [-0.15, -0.1) is 0 Å². The summed E-state index contributed by atoms with van der Waals surface area (Å²) < 4.78 is 10.2. The fourth-order valence-corrected chi connectivity index (χ4v) is 0.846. The molecule has 0 aliphatic rings. The van der Waals surface area contributed by atoms with Gasteiger partial charge in [0.25, 0.3) is 5.97 Å². The molecule has 74 valence electrons. The van der Waals surface area contributed by atoms with Crippen molar-refractivity contribution in [1.29, 1.82) is 0 Å². The van der Waals surface area contributed by atoms with E-state index in [-0.39, 0.29) is 6.61 Å². The lowest BCUT2D eigenvalue weighted by Crippen LogP contribution is -2.40. The van der Waals surface area contributed by atoms with Gasteiger partial charge < -0.3 is 20.3 Å². The smallest absolute Gasteiger partial charge is 0.277 e. The van der Waals surface area contributed by atoms with Gasteiger partial charge in [-0.05, 0) is 20.8 Å². The summed E-state index contributed by atoms with van der Waals surface area (Å²) in [5, 5.41) is 9.48. The molecule has 0 bridgehead atoms. The highest BCUT2D eigenvalue weighted by molar-refractivity contribution is 4.61. The van der Waals surface area contributed by atoms with Crippen LogP contribution in [0.2, 0.25) is 0 Å². The van der Waals surface area contributed by atoms with Crippen molar-refractivity contribution in [1.82, 2.24) is 0 Å². The highest BCUT2D eigenvalue weighted by atomic mass is 16.8. The van der Waals surface area contributed by atoms with Gasteiger partial charge in [-0.25, -0.2) is 0 Å². The lowest BCUT2D eigenvalue weighted by Gasteiger charge is -2.31. The zero-order valence-electron chi connectivity index (χ0n) is 8.26. The zero-order chi connectivity index (χ0) is 9.83. The maximum absolute atomic E-state index is 9.48. The van der Waals surface area contributed by atoms with Crippen molar-refractivity contribution in [2.45, 2.75) is 39.3 Å². The molecule has 0 aromatic carbocycles. The predicted molar refractivity (Wildman–Crippen MR) is 46.5 cm³/mol. The Hall–Kier alpha value is -0.160. The fourth-order valence-electron chi connectivity index (χ4n) is 0.846. The third-order valence-corrected chi connectivity index (χ3v) is 0.983. The van der Waals surface area contributed by atoms with Gasteiger partial charge >= 0.3 is 0 Å². The molecule has 1 atom stereocenters. The van der Waals surface area contributed by atoms with E-state index >= 15 is 0 Å². The largest absolute Gasteiger partial charge is 0.344 e. The van der Waals surface area contributed by atoms with Crippen molar-refractivity contribution in [3.63, 3.8) is 0 Å². The number of hydrogen-bond acceptors (Lipinski definition) is 4. The predicted octanol–water partition coefficient (Wildman–Crippen LogP) is 0.443. The van der Waals surface area contributed by atoms with Crippen molar-refractivity contribution >= 4 is 0 Å². The van der Waals surface area contributed by atoms with Crippen molar-refractivity contribution in [3.8, 4) is 0 Å². The minimum absolute atomic E-state index is 0.281. The van der Waals surface area contributed by atoms with Crippen LogP contribution in [0.1, 0.15) is 27.7 Å². The van der Waals surface area contributed by atoms with Crippen LogP contribution in [-0.2, 0) is 9.47 Å². The van der Waals surface area contributed by atoms with Gasteiger partial charge in [0.2, 0.25) is 0 Å². The molecule has 0 spiro atoms. The van der Waals surface area contributed by atoms with E-state index in [0.29, 0.717) is 6.54 Å².